The van der Waals surface area contributed by atoms with E-state index in [1.807, 2.05) is 13.0 Å². The molecule has 0 saturated carbocycles. The van der Waals surface area contributed by atoms with Crippen LogP contribution in [0.4, 0.5) is 5.69 Å². The molecule has 0 spiro atoms. The van der Waals surface area contributed by atoms with Crippen molar-refractivity contribution in [3.8, 4) is 0 Å². The third-order valence-corrected chi connectivity index (χ3v) is 2.82. The summed E-state index contributed by atoms with van der Waals surface area (Å²) in [7, 11) is 0. The molecule has 3 N–H and O–H groups in total. The van der Waals surface area contributed by atoms with Crippen LogP contribution >= 0.6 is 0 Å². The largest absolute Gasteiger partial charge is 0.398 e. The van der Waals surface area contributed by atoms with Crippen molar-refractivity contribution >= 4 is 11.6 Å². The quantitative estimate of drug-likeness (QED) is 0.809. The Morgan fingerprint density at radius 3 is 2.89 bits per heavy atom. The number of hydrogen-bond donors (Lipinski definition) is 2. The number of aromatic nitrogens is 2. The zero-order chi connectivity index (χ0) is 13.7. The monoisotopic (exact) mass is 256 g/mol. The first-order valence-corrected chi connectivity index (χ1v) is 6.06. The summed E-state index contributed by atoms with van der Waals surface area (Å²) in [5.41, 5.74) is 8.80. The second-order valence-corrected chi connectivity index (χ2v) is 4.27. The van der Waals surface area contributed by atoms with E-state index in [0.29, 0.717) is 24.2 Å². The first-order valence-electron chi connectivity index (χ1n) is 6.06. The molecule has 0 bridgehead atoms. The van der Waals surface area contributed by atoms with Crippen LogP contribution in [0.1, 0.15) is 21.6 Å². The molecule has 5 nitrogen and oxygen atoms in total. The molecule has 0 radical (unpaired) electrons. The number of nitrogen functional groups attached to an aromatic ring is 1. The summed E-state index contributed by atoms with van der Waals surface area (Å²) >= 11 is 0. The fourth-order valence-corrected chi connectivity index (χ4v) is 1.65. The number of rotatable bonds is 4. The Bertz CT molecular complexity index is 569. The van der Waals surface area contributed by atoms with E-state index in [-0.39, 0.29) is 5.91 Å². The second kappa shape index (κ2) is 5.95. The van der Waals surface area contributed by atoms with Gasteiger partial charge in [0, 0.05) is 42.8 Å². The highest BCUT2D eigenvalue weighted by Crippen LogP contribution is 2.12. The molecule has 0 aliphatic rings. The first-order chi connectivity index (χ1) is 9.16. The van der Waals surface area contributed by atoms with Gasteiger partial charge in [0.2, 0.25) is 0 Å². The van der Waals surface area contributed by atoms with Gasteiger partial charge in [-0.05, 0) is 24.6 Å². The summed E-state index contributed by atoms with van der Waals surface area (Å²) < 4.78 is 0. The SMILES string of the molecule is Cc1ccc(C(=O)NCCc2cnccn2)cc1N. The lowest BCUT2D eigenvalue weighted by Crippen LogP contribution is -2.26. The topological polar surface area (TPSA) is 80.9 Å². The van der Waals surface area contributed by atoms with Crippen molar-refractivity contribution in [3.63, 3.8) is 0 Å². The molecule has 2 rings (SSSR count). The number of nitrogens with zero attached hydrogens (tertiary/aromatic N) is 2. The molecule has 0 aliphatic heterocycles. The van der Waals surface area contributed by atoms with E-state index in [9.17, 15) is 4.79 Å². The highest BCUT2D eigenvalue weighted by Gasteiger charge is 2.06. The summed E-state index contributed by atoms with van der Waals surface area (Å²) in [5, 5.41) is 2.83. The summed E-state index contributed by atoms with van der Waals surface area (Å²) in [6, 6.07) is 5.29. The van der Waals surface area contributed by atoms with Gasteiger partial charge in [-0.1, -0.05) is 6.07 Å². The van der Waals surface area contributed by atoms with Crippen LogP contribution < -0.4 is 11.1 Å². The van der Waals surface area contributed by atoms with Gasteiger partial charge in [0.05, 0.1) is 5.69 Å². The van der Waals surface area contributed by atoms with E-state index < -0.39 is 0 Å². The van der Waals surface area contributed by atoms with Gasteiger partial charge < -0.3 is 11.1 Å². The van der Waals surface area contributed by atoms with Gasteiger partial charge in [-0.25, -0.2) is 0 Å². The van der Waals surface area contributed by atoms with Crippen LogP contribution in [-0.4, -0.2) is 22.4 Å². The van der Waals surface area contributed by atoms with E-state index in [0.717, 1.165) is 11.3 Å². The molecule has 0 unspecified atom stereocenters. The minimum atomic E-state index is -0.129. The maximum Gasteiger partial charge on any atom is 0.251 e. The van der Waals surface area contributed by atoms with Crippen LogP contribution in [0.3, 0.4) is 0 Å². The molecule has 98 valence electrons. The van der Waals surface area contributed by atoms with Gasteiger partial charge in [-0.15, -0.1) is 0 Å². The first kappa shape index (κ1) is 13.0. The van der Waals surface area contributed by atoms with Crippen molar-refractivity contribution in [2.45, 2.75) is 13.3 Å². The zero-order valence-electron chi connectivity index (χ0n) is 10.8. The van der Waals surface area contributed by atoms with E-state index in [1.165, 1.54) is 0 Å². The molecular formula is C14H16N4O. The standard InChI is InChI=1S/C14H16N4O/c1-10-2-3-11(8-13(10)15)14(19)18-5-4-12-9-16-6-7-17-12/h2-3,6-9H,4-5,15H2,1H3,(H,18,19). The van der Waals surface area contributed by atoms with Crippen molar-refractivity contribution in [1.29, 1.82) is 0 Å². The lowest BCUT2D eigenvalue weighted by Gasteiger charge is -2.06. The molecule has 1 heterocycles. The molecule has 1 aromatic heterocycles. The molecule has 1 amide bonds. The van der Waals surface area contributed by atoms with E-state index in [4.69, 9.17) is 5.73 Å². The Labute approximate surface area is 111 Å². The number of nitrogens with one attached hydrogen (secondary N) is 1. The summed E-state index contributed by atoms with van der Waals surface area (Å²) in [5.74, 6) is -0.129. The smallest absolute Gasteiger partial charge is 0.251 e. The predicted octanol–water partition coefficient (Wildman–Crippen LogP) is 1.34. The molecule has 5 heteroatoms. The molecule has 0 fully saturated rings. The van der Waals surface area contributed by atoms with Crippen molar-refractivity contribution in [2.75, 3.05) is 12.3 Å². The van der Waals surface area contributed by atoms with Crippen LogP contribution in [-0.2, 0) is 6.42 Å². The van der Waals surface area contributed by atoms with Crippen LogP contribution in [0.5, 0.6) is 0 Å². The van der Waals surface area contributed by atoms with Crippen LogP contribution in [0.25, 0.3) is 0 Å². The number of amides is 1. The lowest BCUT2D eigenvalue weighted by atomic mass is 10.1. The van der Waals surface area contributed by atoms with E-state index >= 15 is 0 Å². The van der Waals surface area contributed by atoms with Crippen LogP contribution in [0.15, 0.2) is 36.8 Å². The molecular weight excluding hydrogens is 240 g/mol. The number of anilines is 1. The van der Waals surface area contributed by atoms with Crippen molar-refractivity contribution in [3.05, 3.63) is 53.6 Å². The Morgan fingerprint density at radius 1 is 1.37 bits per heavy atom. The third kappa shape index (κ3) is 3.51. The highest BCUT2D eigenvalue weighted by atomic mass is 16.1. The number of nitrogens with two attached hydrogens (primary N) is 1. The van der Waals surface area contributed by atoms with Crippen LogP contribution in [0.2, 0.25) is 0 Å². The summed E-state index contributed by atoms with van der Waals surface area (Å²) in [6.45, 7) is 2.43. The molecule has 1 aromatic carbocycles. The van der Waals surface area contributed by atoms with Gasteiger partial charge in [0.1, 0.15) is 0 Å². The number of benzene rings is 1. The Hall–Kier alpha value is -2.43. The maximum atomic E-state index is 11.9. The number of aryl methyl sites for hydroxylation is 1. The van der Waals surface area contributed by atoms with E-state index in [1.54, 1.807) is 30.7 Å². The normalized spacial score (nSPS) is 10.2. The van der Waals surface area contributed by atoms with E-state index in [2.05, 4.69) is 15.3 Å². The van der Waals surface area contributed by atoms with Gasteiger partial charge in [0.15, 0.2) is 0 Å². The minimum Gasteiger partial charge on any atom is -0.398 e. The molecule has 2 aromatic rings. The zero-order valence-corrected chi connectivity index (χ0v) is 10.8. The summed E-state index contributed by atoms with van der Waals surface area (Å²) in [6.07, 6.45) is 5.60. The maximum absolute atomic E-state index is 11.9. The number of carbonyl (C=O) groups excluding carboxylic acids is 1. The van der Waals surface area contributed by atoms with Gasteiger partial charge in [-0.2, -0.15) is 0 Å². The third-order valence-electron chi connectivity index (χ3n) is 2.82. The lowest BCUT2D eigenvalue weighted by molar-refractivity contribution is 0.0954. The Balaban J connectivity index is 1.89. The average Bonchev–Trinajstić information content (AvgIpc) is 2.43. The van der Waals surface area contributed by atoms with Gasteiger partial charge in [0.25, 0.3) is 5.91 Å². The summed E-state index contributed by atoms with van der Waals surface area (Å²) in [4.78, 5) is 20.0. The fourth-order valence-electron chi connectivity index (χ4n) is 1.65. The number of carbonyl (C=O) groups is 1. The van der Waals surface area contributed by atoms with Crippen molar-refractivity contribution < 1.29 is 4.79 Å². The molecule has 0 saturated heterocycles. The number of hydrogen-bond acceptors (Lipinski definition) is 4. The highest BCUT2D eigenvalue weighted by molar-refractivity contribution is 5.95. The Kier molecular flexibility index (Phi) is 4.07. The van der Waals surface area contributed by atoms with Crippen molar-refractivity contribution in [2.24, 2.45) is 0 Å². The average molecular weight is 256 g/mol. The van der Waals surface area contributed by atoms with Gasteiger partial charge >= 0.3 is 0 Å². The molecule has 0 atom stereocenters. The second-order valence-electron chi connectivity index (χ2n) is 4.27. The van der Waals surface area contributed by atoms with Crippen LogP contribution in [0, 0.1) is 6.92 Å². The molecule has 0 aliphatic carbocycles. The fraction of sp³-hybridized carbons (Fsp3) is 0.214. The Morgan fingerprint density at radius 2 is 2.21 bits per heavy atom. The predicted molar refractivity (Wildman–Crippen MR) is 73.7 cm³/mol. The van der Waals surface area contributed by atoms with Gasteiger partial charge in [-0.3, -0.25) is 14.8 Å². The van der Waals surface area contributed by atoms with Crippen molar-refractivity contribution in [1.82, 2.24) is 15.3 Å². The molecule has 19 heavy (non-hydrogen) atoms. The minimum absolute atomic E-state index is 0.129.